The molecule has 0 bridgehead atoms. The Morgan fingerprint density at radius 1 is 0.250 bits per heavy atom. The first-order valence-corrected chi connectivity index (χ1v) is 23.1. The first-order valence-electron chi connectivity index (χ1n) is 21.5. The van der Waals surface area contributed by atoms with E-state index in [1.807, 2.05) is 22.7 Å². The normalized spacial score (nSPS) is 12.1. The van der Waals surface area contributed by atoms with Crippen LogP contribution in [-0.4, -0.2) is 0 Å². The predicted molar refractivity (Wildman–Crippen MR) is 274 cm³/mol. The van der Waals surface area contributed by atoms with Gasteiger partial charge >= 0.3 is 0 Å². The average Bonchev–Trinajstić information content (AvgIpc) is 4.12. The van der Waals surface area contributed by atoms with Gasteiger partial charge in [-0.2, -0.15) is 0 Å². The maximum Gasteiger partial charge on any atom is 0.143 e. The minimum absolute atomic E-state index is 0.841. The standard InChI is InChI=1S/C58H34N2O2S2/c1-3-11-35(12-4-1)59(39-21-25-45-43-15-7-9-17-53(43)63-55(45)33-39)37-19-23-41-47-27-29-50-49(57(47)61-51(41)31-37)30-28-48-42-24-20-38(32-52(42)62-58(48)50)60(36-13-5-2-6-14-36)40-22-26-46-44-16-8-10-18-54(44)64-56(46)34-40/h1-34H. The summed E-state index contributed by atoms with van der Waals surface area (Å²) in [5.41, 5.74) is 9.84. The molecule has 14 rings (SSSR count). The van der Waals surface area contributed by atoms with Crippen molar-refractivity contribution in [1.82, 2.24) is 0 Å². The Bertz CT molecular complexity index is 3890. The lowest BCUT2D eigenvalue weighted by Crippen LogP contribution is -2.09. The van der Waals surface area contributed by atoms with Gasteiger partial charge in [-0.25, -0.2) is 0 Å². The van der Waals surface area contributed by atoms with Crippen LogP contribution in [0.25, 0.3) is 95.0 Å². The number of furan rings is 2. The van der Waals surface area contributed by atoms with E-state index in [9.17, 15) is 0 Å². The smallest absolute Gasteiger partial charge is 0.143 e. The van der Waals surface area contributed by atoms with E-state index in [4.69, 9.17) is 8.83 Å². The second-order valence-electron chi connectivity index (χ2n) is 16.4. The van der Waals surface area contributed by atoms with Gasteiger partial charge in [0, 0.05) is 119 Å². The average molecular weight is 855 g/mol. The predicted octanol–water partition coefficient (Wildman–Crippen LogP) is 18.3. The fourth-order valence-electron chi connectivity index (χ4n) is 9.88. The number of nitrogens with zero attached hydrogens (tertiary/aromatic N) is 2. The number of hydrogen-bond donors (Lipinski definition) is 0. The van der Waals surface area contributed by atoms with Gasteiger partial charge in [-0.05, 0) is 109 Å². The summed E-state index contributed by atoms with van der Waals surface area (Å²) >= 11 is 3.68. The molecule has 64 heavy (non-hydrogen) atoms. The molecule has 0 fully saturated rings. The number of benzene rings is 10. The number of thiophene rings is 2. The zero-order chi connectivity index (χ0) is 41.9. The van der Waals surface area contributed by atoms with Crippen LogP contribution in [0.2, 0.25) is 0 Å². The SMILES string of the molecule is c1ccc(N(c2ccc3c(c2)oc2c3ccc3c2ccc2c4ccc(N(c5ccccc5)c5ccc6c(c5)sc5ccccc56)cc4oc23)c2ccc3c(c2)sc2ccccc23)cc1. The van der Waals surface area contributed by atoms with Crippen LogP contribution in [0.3, 0.4) is 0 Å². The summed E-state index contributed by atoms with van der Waals surface area (Å²) < 4.78 is 18.9. The molecule has 4 heterocycles. The monoisotopic (exact) mass is 854 g/mol. The van der Waals surface area contributed by atoms with Crippen molar-refractivity contribution >= 4 is 152 Å². The van der Waals surface area contributed by atoms with Crippen LogP contribution in [-0.2, 0) is 0 Å². The van der Waals surface area contributed by atoms with Crippen LogP contribution in [0.4, 0.5) is 34.1 Å². The second-order valence-corrected chi connectivity index (χ2v) is 18.6. The lowest BCUT2D eigenvalue weighted by atomic mass is 10.0. The maximum absolute atomic E-state index is 6.89. The zero-order valence-corrected chi connectivity index (χ0v) is 35.8. The van der Waals surface area contributed by atoms with Gasteiger partial charge in [-0.3, -0.25) is 0 Å². The molecule has 0 N–H and O–H groups in total. The molecule has 0 saturated carbocycles. The Hall–Kier alpha value is -7.90. The molecule has 0 radical (unpaired) electrons. The number of hydrogen-bond acceptors (Lipinski definition) is 6. The largest absolute Gasteiger partial charge is 0.455 e. The van der Waals surface area contributed by atoms with Crippen molar-refractivity contribution < 1.29 is 8.83 Å². The molecule has 4 nitrogen and oxygen atoms in total. The molecular formula is C58H34N2O2S2. The molecule has 0 spiro atoms. The summed E-state index contributed by atoms with van der Waals surface area (Å²) in [7, 11) is 0. The molecule has 0 aliphatic carbocycles. The zero-order valence-electron chi connectivity index (χ0n) is 34.2. The van der Waals surface area contributed by atoms with Crippen molar-refractivity contribution in [2.45, 2.75) is 0 Å². The Balaban J connectivity index is 0.884. The van der Waals surface area contributed by atoms with Crippen molar-refractivity contribution in [2.75, 3.05) is 9.80 Å². The van der Waals surface area contributed by atoms with Gasteiger partial charge in [0.1, 0.15) is 22.3 Å². The summed E-state index contributed by atoms with van der Waals surface area (Å²) in [6.45, 7) is 0. The van der Waals surface area contributed by atoms with Crippen molar-refractivity contribution in [1.29, 1.82) is 0 Å². The molecule has 0 amide bonds. The number of para-hydroxylation sites is 2. The minimum Gasteiger partial charge on any atom is -0.455 e. The molecule has 6 heteroatoms. The summed E-state index contributed by atoms with van der Waals surface area (Å²) in [5, 5.41) is 11.5. The molecule has 0 aliphatic rings. The van der Waals surface area contributed by atoms with E-state index in [2.05, 4.69) is 216 Å². The van der Waals surface area contributed by atoms with Gasteiger partial charge in [0.25, 0.3) is 0 Å². The van der Waals surface area contributed by atoms with Gasteiger partial charge in [0.15, 0.2) is 0 Å². The Morgan fingerprint density at radius 2 is 0.578 bits per heavy atom. The summed E-state index contributed by atoms with van der Waals surface area (Å²) in [5.74, 6) is 0. The molecule has 0 atom stereocenters. The van der Waals surface area contributed by atoms with Crippen molar-refractivity contribution in [3.63, 3.8) is 0 Å². The molecule has 14 aromatic rings. The number of rotatable bonds is 6. The van der Waals surface area contributed by atoms with Gasteiger partial charge in [0.2, 0.25) is 0 Å². The highest BCUT2D eigenvalue weighted by Crippen LogP contribution is 2.46. The molecule has 4 aromatic heterocycles. The van der Waals surface area contributed by atoms with E-state index in [0.717, 1.165) is 88.8 Å². The van der Waals surface area contributed by atoms with Crippen LogP contribution in [0.15, 0.2) is 215 Å². The first-order chi connectivity index (χ1) is 31.7. The third-order valence-electron chi connectivity index (χ3n) is 12.8. The third-order valence-corrected chi connectivity index (χ3v) is 15.1. The fraction of sp³-hybridized carbons (Fsp3) is 0. The molecule has 0 aliphatic heterocycles. The first kappa shape index (κ1) is 35.7. The summed E-state index contributed by atoms with van der Waals surface area (Å²) in [4.78, 5) is 4.64. The highest BCUT2D eigenvalue weighted by molar-refractivity contribution is 7.26. The quantitative estimate of drug-likeness (QED) is 0.167. The maximum atomic E-state index is 6.89. The highest BCUT2D eigenvalue weighted by Gasteiger charge is 2.21. The summed E-state index contributed by atoms with van der Waals surface area (Å²) in [6.07, 6.45) is 0. The fourth-order valence-corrected chi connectivity index (χ4v) is 12.2. The Labute approximate surface area is 374 Å². The molecular weight excluding hydrogens is 821 g/mol. The van der Waals surface area contributed by atoms with Gasteiger partial charge in [-0.1, -0.05) is 84.9 Å². The Morgan fingerprint density at radius 3 is 1.02 bits per heavy atom. The number of anilines is 6. The van der Waals surface area contributed by atoms with Gasteiger partial charge in [0.05, 0.1) is 0 Å². The molecule has 0 unspecified atom stereocenters. The third kappa shape index (κ3) is 5.40. The van der Waals surface area contributed by atoms with Crippen LogP contribution in [0.5, 0.6) is 0 Å². The van der Waals surface area contributed by atoms with E-state index in [1.165, 1.54) is 40.3 Å². The van der Waals surface area contributed by atoms with Crippen LogP contribution in [0, 0.1) is 0 Å². The topological polar surface area (TPSA) is 32.8 Å². The van der Waals surface area contributed by atoms with E-state index in [-0.39, 0.29) is 0 Å². The van der Waals surface area contributed by atoms with E-state index >= 15 is 0 Å². The van der Waals surface area contributed by atoms with Crippen LogP contribution < -0.4 is 9.80 Å². The van der Waals surface area contributed by atoms with Crippen molar-refractivity contribution in [2.24, 2.45) is 0 Å². The van der Waals surface area contributed by atoms with Crippen LogP contribution in [0.1, 0.15) is 0 Å². The van der Waals surface area contributed by atoms with Crippen molar-refractivity contribution in [3.05, 3.63) is 206 Å². The summed E-state index contributed by atoms with van der Waals surface area (Å²) in [6, 6.07) is 74.1. The highest BCUT2D eigenvalue weighted by atomic mass is 32.1. The molecule has 0 saturated heterocycles. The van der Waals surface area contributed by atoms with Crippen molar-refractivity contribution in [3.8, 4) is 0 Å². The minimum atomic E-state index is 0.841. The van der Waals surface area contributed by atoms with Crippen LogP contribution >= 0.6 is 22.7 Å². The van der Waals surface area contributed by atoms with Gasteiger partial charge in [-0.15, -0.1) is 22.7 Å². The lowest BCUT2D eigenvalue weighted by molar-refractivity contribution is 0.669. The van der Waals surface area contributed by atoms with E-state index < -0.39 is 0 Å². The van der Waals surface area contributed by atoms with E-state index in [0.29, 0.717) is 0 Å². The molecule has 10 aromatic carbocycles. The number of fused-ring (bicyclic) bond motifs is 15. The Kier molecular flexibility index (Phi) is 7.69. The molecule has 300 valence electrons. The van der Waals surface area contributed by atoms with E-state index in [1.54, 1.807) is 0 Å². The second kappa shape index (κ2) is 13.8. The van der Waals surface area contributed by atoms with Gasteiger partial charge < -0.3 is 18.6 Å². The lowest BCUT2D eigenvalue weighted by Gasteiger charge is -2.25.